The largest absolute Gasteiger partial charge is 0.300 e. The van der Waals surface area contributed by atoms with Crippen LogP contribution in [0.2, 0.25) is 0 Å². The lowest BCUT2D eigenvalue weighted by Crippen LogP contribution is -2.02. The van der Waals surface area contributed by atoms with E-state index < -0.39 is 0 Å². The molecule has 0 saturated heterocycles. The van der Waals surface area contributed by atoms with E-state index in [0.29, 0.717) is 18.6 Å². The first kappa shape index (κ1) is 15.5. The molecule has 0 bridgehead atoms. The van der Waals surface area contributed by atoms with Crippen LogP contribution in [0.5, 0.6) is 0 Å². The van der Waals surface area contributed by atoms with Crippen molar-refractivity contribution in [2.24, 2.45) is 0 Å². The molecule has 0 aliphatic heterocycles. The second-order valence-corrected chi connectivity index (χ2v) is 6.63. The topological polar surface area (TPSA) is 17.1 Å². The molecule has 0 spiro atoms. The summed E-state index contributed by atoms with van der Waals surface area (Å²) in [6.07, 6.45) is 2.86. The Bertz CT molecular complexity index is 542. The first-order chi connectivity index (χ1) is 9.63. The standard InChI is InChI=1S/C17H16Br2O/c18-15-5-1-3-13(11-15)7-9-17(20)10-8-14-4-2-6-16(19)12-14/h1-6,11-12H,7-10H2. The van der Waals surface area contributed by atoms with Gasteiger partial charge in [0.1, 0.15) is 5.78 Å². The number of Topliss-reactive ketones (excluding diaryl/α,β-unsaturated/α-hetero) is 1. The zero-order chi connectivity index (χ0) is 14.4. The molecule has 0 saturated carbocycles. The Balaban J connectivity index is 1.78. The summed E-state index contributed by atoms with van der Waals surface area (Å²) in [5.41, 5.74) is 2.41. The number of carbonyl (C=O) groups excluding carboxylic acids is 1. The number of halogens is 2. The van der Waals surface area contributed by atoms with Gasteiger partial charge in [0.2, 0.25) is 0 Å². The summed E-state index contributed by atoms with van der Waals surface area (Å²) in [4.78, 5) is 11.9. The lowest BCUT2D eigenvalue weighted by Gasteiger charge is -2.03. The molecule has 20 heavy (non-hydrogen) atoms. The van der Waals surface area contributed by atoms with Crippen molar-refractivity contribution in [1.82, 2.24) is 0 Å². The van der Waals surface area contributed by atoms with Gasteiger partial charge in [-0.05, 0) is 48.2 Å². The molecule has 0 aliphatic carbocycles. The van der Waals surface area contributed by atoms with Crippen molar-refractivity contribution in [3.63, 3.8) is 0 Å². The number of ketones is 1. The summed E-state index contributed by atoms with van der Waals surface area (Å²) in [5, 5.41) is 0. The van der Waals surface area contributed by atoms with E-state index >= 15 is 0 Å². The molecular weight excluding hydrogens is 380 g/mol. The Hall–Kier alpha value is -0.930. The zero-order valence-electron chi connectivity index (χ0n) is 11.1. The normalized spacial score (nSPS) is 10.5. The minimum atomic E-state index is 0.324. The van der Waals surface area contributed by atoms with Gasteiger partial charge in [0.15, 0.2) is 0 Å². The molecule has 0 fully saturated rings. The van der Waals surface area contributed by atoms with Crippen molar-refractivity contribution in [1.29, 1.82) is 0 Å². The molecule has 104 valence electrons. The third-order valence-electron chi connectivity index (χ3n) is 3.16. The van der Waals surface area contributed by atoms with E-state index in [9.17, 15) is 4.79 Å². The maximum Gasteiger partial charge on any atom is 0.133 e. The molecule has 3 heteroatoms. The summed E-state index contributed by atoms with van der Waals surface area (Å²) >= 11 is 6.90. The van der Waals surface area contributed by atoms with Crippen molar-refractivity contribution in [3.05, 3.63) is 68.6 Å². The number of hydrogen-bond acceptors (Lipinski definition) is 1. The number of aryl methyl sites for hydroxylation is 2. The Morgan fingerprint density at radius 2 is 1.25 bits per heavy atom. The summed E-state index contributed by atoms with van der Waals surface area (Å²) in [7, 11) is 0. The summed E-state index contributed by atoms with van der Waals surface area (Å²) in [6, 6.07) is 16.3. The fourth-order valence-electron chi connectivity index (χ4n) is 2.08. The van der Waals surface area contributed by atoms with Gasteiger partial charge in [-0.1, -0.05) is 56.1 Å². The van der Waals surface area contributed by atoms with Crippen LogP contribution >= 0.6 is 31.9 Å². The Morgan fingerprint density at radius 1 is 0.800 bits per heavy atom. The first-order valence-corrected chi connectivity index (χ1v) is 8.23. The molecule has 0 atom stereocenters. The van der Waals surface area contributed by atoms with Gasteiger partial charge in [-0.25, -0.2) is 0 Å². The highest BCUT2D eigenvalue weighted by Crippen LogP contribution is 2.15. The Morgan fingerprint density at radius 3 is 1.65 bits per heavy atom. The molecule has 2 aromatic rings. The van der Waals surface area contributed by atoms with Gasteiger partial charge in [-0.2, -0.15) is 0 Å². The SMILES string of the molecule is O=C(CCc1cccc(Br)c1)CCc1cccc(Br)c1. The first-order valence-electron chi connectivity index (χ1n) is 6.64. The van der Waals surface area contributed by atoms with Gasteiger partial charge in [-0.15, -0.1) is 0 Å². The molecule has 0 amide bonds. The quantitative estimate of drug-likeness (QED) is 0.644. The maximum atomic E-state index is 11.9. The second-order valence-electron chi connectivity index (χ2n) is 4.80. The maximum absolute atomic E-state index is 11.9. The third-order valence-corrected chi connectivity index (χ3v) is 4.15. The molecular formula is C17H16Br2O. The molecule has 0 aliphatic rings. The van der Waals surface area contributed by atoms with Crippen molar-refractivity contribution in [2.45, 2.75) is 25.7 Å². The molecule has 0 aromatic heterocycles. The van der Waals surface area contributed by atoms with E-state index in [0.717, 1.165) is 21.8 Å². The highest BCUT2D eigenvalue weighted by atomic mass is 79.9. The summed E-state index contributed by atoms with van der Waals surface area (Å²) in [6.45, 7) is 0. The van der Waals surface area contributed by atoms with E-state index in [1.165, 1.54) is 11.1 Å². The van der Waals surface area contributed by atoms with Crippen LogP contribution in [0.4, 0.5) is 0 Å². The van der Waals surface area contributed by atoms with Crippen molar-refractivity contribution >= 4 is 37.6 Å². The van der Waals surface area contributed by atoms with Gasteiger partial charge < -0.3 is 0 Å². The minimum Gasteiger partial charge on any atom is -0.300 e. The van der Waals surface area contributed by atoms with Gasteiger partial charge in [0.25, 0.3) is 0 Å². The van der Waals surface area contributed by atoms with Crippen LogP contribution in [0.25, 0.3) is 0 Å². The van der Waals surface area contributed by atoms with Crippen LogP contribution in [0.3, 0.4) is 0 Å². The summed E-state index contributed by atoms with van der Waals surface area (Å²) < 4.78 is 2.13. The highest BCUT2D eigenvalue weighted by molar-refractivity contribution is 9.10. The summed E-state index contributed by atoms with van der Waals surface area (Å²) in [5.74, 6) is 0.324. The van der Waals surface area contributed by atoms with Crippen LogP contribution in [-0.2, 0) is 17.6 Å². The number of hydrogen-bond donors (Lipinski definition) is 0. The van der Waals surface area contributed by atoms with E-state index in [1.807, 2.05) is 24.3 Å². The molecule has 2 aromatic carbocycles. The van der Waals surface area contributed by atoms with Crippen molar-refractivity contribution in [2.75, 3.05) is 0 Å². The predicted octanol–water partition coefficient (Wildman–Crippen LogP) is 5.35. The average molecular weight is 396 g/mol. The van der Waals surface area contributed by atoms with Gasteiger partial charge in [0, 0.05) is 21.8 Å². The van der Waals surface area contributed by atoms with E-state index in [2.05, 4.69) is 56.1 Å². The minimum absolute atomic E-state index is 0.324. The number of rotatable bonds is 6. The lowest BCUT2D eigenvalue weighted by molar-refractivity contribution is -0.119. The predicted molar refractivity (Wildman–Crippen MR) is 89.9 cm³/mol. The van der Waals surface area contributed by atoms with E-state index in [1.54, 1.807) is 0 Å². The van der Waals surface area contributed by atoms with Crippen LogP contribution < -0.4 is 0 Å². The monoisotopic (exact) mass is 394 g/mol. The highest BCUT2D eigenvalue weighted by Gasteiger charge is 2.04. The number of carbonyl (C=O) groups is 1. The molecule has 0 radical (unpaired) electrons. The fourth-order valence-corrected chi connectivity index (χ4v) is 2.97. The Kier molecular flexibility index (Phi) is 5.99. The van der Waals surface area contributed by atoms with E-state index in [-0.39, 0.29) is 0 Å². The second kappa shape index (κ2) is 7.75. The molecule has 1 nitrogen and oxygen atoms in total. The fraction of sp³-hybridized carbons (Fsp3) is 0.235. The number of benzene rings is 2. The zero-order valence-corrected chi connectivity index (χ0v) is 14.3. The molecule has 0 N–H and O–H groups in total. The van der Waals surface area contributed by atoms with E-state index in [4.69, 9.17) is 0 Å². The lowest BCUT2D eigenvalue weighted by atomic mass is 10.0. The van der Waals surface area contributed by atoms with Crippen molar-refractivity contribution in [3.8, 4) is 0 Å². The van der Waals surface area contributed by atoms with Gasteiger partial charge in [0.05, 0.1) is 0 Å². The molecule has 0 heterocycles. The van der Waals surface area contributed by atoms with Gasteiger partial charge in [-0.3, -0.25) is 4.79 Å². The van der Waals surface area contributed by atoms with Crippen LogP contribution in [0, 0.1) is 0 Å². The van der Waals surface area contributed by atoms with Crippen LogP contribution in [0.15, 0.2) is 57.5 Å². The van der Waals surface area contributed by atoms with Crippen LogP contribution in [-0.4, -0.2) is 5.78 Å². The van der Waals surface area contributed by atoms with Crippen LogP contribution in [0.1, 0.15) is 24.0 Å². The molecule has 2 rings (SSSR count). The van der Waals surface area contributed by atoms with Gasteiger partial charge >= 0.3 is 0 Å². The average Bonchev–Trinajstić information content (AvgIpc) is 2.43. The molecule has 0 unspecified atom stereocenters. The smallest absolute Gasteiger partial charge is 0.133 e. The third kappa shape index (κ3) is 5.22. The Labute approximate surface area is 136 Å². The van der Waals surface area contributed by atoms with Crippen molar-refractivity contribution < 1.29 is 4.79 Å².